The Bertz CT molecular complexity index is 1240. The summed E-state index contributed by atoms with van der Waals surface area (Å²) in [5.74, 6) is 0.430. The third-order valence-corrected chi connectivity index (χ3v) is 5.42. The molecule has 0 saturated carbocycles. The highest BCUT2D eigenvalue weighted by atomic mass is 19.4. The highest BCUT2D eigenvalue weighted by Crippen LogP contribution is 2.34. The zero-order valence-electron chi connectivity index (χ0n) is 18.6. The van der Waals surface area contributed by atoms with Gasteiger partial charge in [-0.3, -0.25) is 4.98 Å². The van der Waals surface area contributed by atoms with E-state index in [4.69, 9.17) is 4.74 Å². The van der Waals surface area contributed by atoms with E-state index in [1.807, 2.05) is 18.2 Å². The summed E-state index contributed by atoms with van der Waals surface area (Å²) in [6.07, 6.45) is -4.53. The maximum absolute atomic E-state index is 12.9. The number of urea groups is 1. The lowest BCUT2D eigenvalue weighted by molar-refractivity contribution is -0.137. The fraction of sp³-hybridized carbons (Fsp3) is 0.240. The van der Waals surface area contributed by atoms with Crippen LogP contribution in [-0.2, 0) is 12.7 Å². The van der Waals surface area contributed by atoms with Gasteiger partial charge in [-0.2, -0.15) is 18.4 Å². The van der Waals surface area contributed by atoms with E-state index >= 15 is 0 Å². The molecule has 1 aliphatic heterocycles. The molecule has 10 heteroatoms. The Balaban J connectivity index is 1.37. The van der Waals surface area contributed by atoms with E-state index in [0.717, 1.165) is 35.2 Å². The molecular formula is C25H22F3N5O2. The van der Waals surface area contributed by atoms with Gasteiger partial charge in [0.2, 0.25) is 0 Å². The first-order valence-corrected chi connectivity index (χ1v) is 10.9. The molecule has 1 aliphatic rings. The molecule has 2 amide bonds. The van der Waals surface area contributed by atoms with Crippen molar-refractivity contribution in [2.75, 3.05) is 26.2 Å². The van der Waals surface area contributed by atoms with Crippen LogP contribution in [0, 0.1) is 11.3 Å². The van der Waals surface area contributed by atoms with Gasteiger partial charge in [0.1, 0.15) is 17.6 Å². The number of carbonyl (C=O) groups excluding carboxylic acids is 1. The Kier molecular flexibility index (Phi) is 7.17. The minimum absolute atomic E-state index is 0.0403. The van der Waals surface area contributed by atoms with Crippen molar-refractivity contribution in [1.82, 2.24) is 20.5 Å². The molecule has 35 heavy (non-hydrogen) atoms. The molecule has 3 aromatic rings. The second kappa shape index (κ2) is 10.4. The summed E-state index contributed by atoms with van der Waals surface area (Å²) >= 11 is 0. The van der Waals surface area contributed by atoms with Crippen LogP contribution >= 0.6 is 0 Å². The predicted octanol–water partition coefficient (Wildman–Crippen LogP) is 4.55. The van der Waals surface area contributed by atoms with Crippen molar-refractivity contribution >= 4 is 6.03 Å². The van der Waals surface area contributed by atoms with E-state index in [-0.39, 0.29) is 17.3 Å². The van der Waals surface area contributed by atoms with Crippen molar-refractivity contribution in [1.29, 1.82) is 5.26 Å². The summed E-state index contributed by atoms with van der Waals surface area (Å²) in [6.45, 7) is 3.22. The number of carbonyl (C=O) groups is 1. The third-order valence-electron chi connectivity index (χ3n) is 5.42. The monoisotopic (exact) mass is 481 g/mol. The topological polar surface area (TPSA) is 90.3 Å². The van der Waals surface area contributed by atoms with Crippen LogP contribution in [0.15, 0.2) is 60.7 Å². The quantitative estimate of drug-likeness (QED) is 0.461. The zero-order valence-corrected chi connectivity index (χ0v) is 18.6. The minimum atomic E-state index is -4.53. The van der Waals surface area contributed by atoms with E-state index < -0.39 is 11.7 Å². The number of pyridine rings is 1. The maximum atomic E-state index is 12.9. The average Bonchev–Trinajstić information content (AvgIpc) is 3.26. The molecular weight excluding hydrogens is 459 g/mol. The van der Waals surface area contributed by atoms with Crippen molar-refractivity contribution in [3.63, 3.8) is 0 Å². The number of nitrogens with one attached hydrogen (secondary N) is 2. The minimum Gasteiger partial charge on any atom is -0.456 e. The van der Waals surface area contributed by atoms with Crippen LogP contribution in [0.25, 0.3) is 11.3 Å². The first-order valence-electron chi connectivity index (χ1n) is 10.9. The number of hydrogen-bond acceptors (Lipinski definition) is 5. The number of ether oxygens (including phenoxy) is 1. The van der Waals surface area contributed by atoms with Gasteiger partial charge in [0.05, 0.1) is 22.5 Å². The SMILES string of the molecule is N#Cc1cc(C(F)(F)F)ccc1Oc1ccc(-c2cccc(CNCCN3CCNC3=O)n2)cc1. The largest absolute Gasteiger partial charge is 0.456 e. The summed E-state index contributed by atoms with van der Waals surface area (Å²) in [7, 11) is 0. The maximum Gasteiger partial charge on any atom is 0.416 e. The number of nitriles is 1. The van der Waals surface area contributed by atoms with Crippen LogP contribution in [0.3, 0.4) is 0 Å². The van der Waals surface area contributed by atoms with Gasteiger partial charge in [0, 0.05) is 38.3 Å². The predicted molar refractivity (Wildman–Crippen MR) is 123 cm³/mol. The van der Waals surface area contributed by atoms with Gasteiger partial charge in [-0.05, 0) is 54.6 Å². The Labute approximate surface area is 200 Å². The average molecular weight is 481 g/mol. The van der Waals surface area contributed by atoms with Gasteiger partial charge in [0.15, 0.2) is 0 Å². The molecule has 180 valence electrons. The summed E-state index contributed by atoms with van der Waals surface area (Å²) < 4.78 is 44.3. The Morgan fingerprint density at radius 1 is 1.14 bits per heavy atom. The number of hydrogen-bond donors (Lipinski definition) is 2. The molecule has 1 aromatic heterocycles. The van der Waals surface area contributed by atoms with Gasteiger partial charge in [-0.1, -0.05) is 6.07 Å². The lowest BCUT2D eigenvalue weighted by Gasteiger charge is -2.14. The number of amides is 2. The smallest absolute Gasteiger partial charge is 0.416 e. The first kappa shape index (κ1) is 24.0. The molecule has 2 N–H and O–H groups in total. The normalized spacial score (nSPS) is 13.4. The molecule has 0 bridgehead atoms. The zero-order chi connectivity index (χ0) is 24.8. The molecule has 1 fully saturated rings. The molecule has 7 nitrogen and oxygen atoms in total. The number of rotatable bonds is 8. The standard InChI is InChI=1S/C25H22F3N5O2/c26-25(27,28)19-6-9-23(18(14-19)15-29)35-21-7-4-17(5-8-21)22-3-1-2-20(32-22)16-30-10-12-33-13-11-31-24(33)34/h1-9,14,30H,10-13,16H2,(H,31,34). The molecule has 0 spiro atoms. The molecule has 4 rings (SSSR count). The number of aromatic nitrogens is 1. The summed E-state index contributed by atoms with van der Waals surface area (Å²) in [5, 5.41) is 15.3. The number of alkyl halides is 3. The van der Waals surface area contributed by atoms with Crippen LogP contribution < -0.4 is 15.4 Å². The molecule has 0 unspecified atom stereocenters. The summed E-state index contributed by atoms with van der Waals surface area (Å²) in [6, 6.07) is 17.1. The Morgan fingerprint density at radius 3 is 2.63 bits per heavy atom. The lowest BCUT2D eigenvalue weighted by Crippen LogP contribution is -2.34. The second-order valence-electron chi connectivity index (χ2n) is 7.86. The lowest BCUT2D eigenvalue weighted by atomic mass is 10.1. The van der Waals surface area contributed by atoms with E-state index in [1.165, 1.54) is 0 Å². The summed E-state index contributed by atoms with van der Waals surface area (Å²) in [5.41, 5.74) is 1.33. The first-order chi connectivity index (χ1) is 16.8. The highest BCUT2D eigenvalue weighted by Gasteiger charge is 2.31. The van der Waals surface area contributed by atoms with Crippen LogP contribution in [0.1, 0.15) is 16.8 Å². The van der Waals surface area contributed by atoms with Crippen molar-refractivity contribution < 1.29 is 22.7 Å². The molecule has 2 heterocycles. The van der Waals surface area contributed by atoms with Crippen LogP contribution in [0.2, 0.25) is 0 Å². The molecule has 0 radical (unpaired) electrons. The number of halogens is 3. The van der Waals surface area contributed by atoms with E-state index in [9.17, 15) is 23.2 Å². The van der Waals surface area contributed by atoms with E-state index in [1.54, 1.807) is 35.2 Å². The number of benzene rings is 2. The molecule has 2 aromatic carbocycles. The molecule has 1 saturated heterocycles. The van der Waals surface area contributed by atoms with Crippen molar-refractivity contribution in [2.45, 2.75) is 12.7 Å². The van der Waals surface area contributed by atoms with Crippen molar-refractivity contribution in [3.8, 4) is 28.8 Å². The van der Waals surface area contributed by atoms with E-state index in [2.05, 4.69) is 15.6 Å². The third kappa shape index (κ3) is 6.07. The van der Waals surface area contributed by atoms with E-state index in [0.29, 0.717) is 38.5 Å². The second-order valence-corrected chi connectivity index (χ2v) is 7.86. The fourth-order valence-electron chi connectivity index (χ4n) is 3.60. The fourth-order valence-corrected chi connectivity index (χ4v) is 3.60. The van der Waals surface area contributed by atoms with Crippen molar-refractivity contribution in [2.24, 2.45) is 0 Å². The van der Waals surface area contributed by atoms with Gasteiger partial charge in [-0.15, -0.1) is 0 Å². The van der Waals surface area contributed by atoms with Gasteiger partial charge < -0.3 is 20.3 Å². The molecule has 0 atom stereocenters. The Morgan fingerprint density at radius 2 is 1.94 bits per heavy atom. The summed E-state index contributed by atoms with van der Waals surface area (Å²) in [4.78, 5) is 18.0. The van der Waals surface area contributed by atoms with Crippen LogP contribution in [0.4, 0.5) is 18.0 Å². The van der Waals surface area contributed by atoms with Crippen LogP contribution in [0.5, 0.6) is 11.5 Å². The van der Waals surface area contributed by atoms with Gasteiger partial charge in [-0.25, -0.2) is 4.79 Å². The van der Waals surface area contributed by atoms with Gasteiger partial charge in [0.25, 0.3) is 0 Å². The molecule has 0 aliphatic carbocycles. The van der Waals surface area contributed by atoms with Crippen molar-refractivity contribution in [3.05, 3.63) is 77.5 Å². The number of nitrogens with zero attached hydrogens (tertiary/aromatic N) is 3. The highest BCUT2D eigenvalue weighted by molar-refractivity contribution is 5.76. The Hall–Kier alpha value is -4.10. The van der Waals surface area contributed by atoms with Gasteiger partial charge >= 0.3 is 12.2 Å². The van der Waals surface area contributed by atoms with Crippen LogP contribution in [-0.4, -0.2) is 42.1 Å².